The summed E-state index contributed by atoms with van der Waals surface area (Å²) in [5, 5.41) is 3.84. The van der Waals surface area contributed by atoms with Crippen LogP contribution in [-0.2, 0) is 17.6 Å². The molecule has 1 aromatic carbocycles. The van der Waals surface area contributed by atoms with Gasteiger partial charge < -0.3 is 9.42 Å². The van der Waals surface area contributed by atoms with Crippen molar-refractivity contribution in [3.8, 4) is 0 Å². The van der Waals surface area contributed by atoms with Crippen molar-refractivity contribution >= 4 is 5.91 Å². The molecule has 3 heterocycles. The number of fused-ring (bicyclic) bond motifs is 1. The van der Waals surface area contributed by atoms with Crippen molar-refractivity contribution in [3.63, 3.8) is 0 Å². The molecular weight excluding hydrogens is 376 g/mol. The SMILES string of the molecule is Cc1noc(CCC(=O)N2CCCCC[C@@H]3N(C)[C@H](Cc4ccccc4)C[C@@]32C)n1. The average molecular weight is 411 g/mol. The zero-order valence-corrected chi connectivity index (χ0v) is 18.5. The van der Waals surface area contributed by atoms with Crippen molar-refractivity contribution in [2.24, 2.45) is 0 Å². The Balaban J connectivity index is 1.51. The van der Waals surface area contributed by atoms with Crippen LogP contribution in [0.2, 0.25) is 0 Å². The molecule has 2 fully saturated rings. The van der Waals surface area contributed by atoms with Crippen molar-refractivity contribution in [1.82, 2.24) is 19.9 Å². The highest BCUT2D eigenvalue weighted by Gasteiger charge is 2.51. The summed E-state index contributed by atoms with van der Waals surface area (Å²) in [6.07, 6.45) is 7.67. The molecule has 6 heteroatoms. The molecule has 2 aliphatic heterocycles. The number of amides is 1. The number of carbonyl (C=O) groups excluding carboxylic acids is 1. The molecule has 30 heavy (non-hydrogen) atoms. The maximum Gasteiger partial charge on any atom is 0.227 e. The summed E-state index contributed by atoms with van der Waals surface area (Å²) in [6, 6.07) is 11.6. The molecule has 0 unspecified atom stereocenters. The largest absolute Gasteiger partial charge is 0.339 e. The summed E-state index contributed by atoms with van der Waals surface area (Å²) in [7, 11) is 2.26. The summed E-state index contributed by atoms with van der Waals surface area (Å²) in [5.41, 5.74) is 1.24. The van der Waals surface area contributed by atoms with Gasteiger partial charge in [0.25, 0.3) is 0 Å². The Morgan fingerprint density at radius 1 is 1.23 bits per heavy atom. The van der Waals surface area contributed by atoms with Crippen molar-refractivity contribution in [3.05, 3.63) is 47.6 Å². The lowest BCUT2D eigenvalue weighted by Gasteiger charge is -2.45. The first-order valence-corrected chi connectivity index (χ1v) is 11.3. The topological polar surface area (TPSA) is 62.5 Å². The van der Waals surface area contributed by atoms with Gasteiger partial charge in [-0.05, 0) is 52.1 Å². The van der Waals surface area contributed by atoms with E-state index in [1.54, 1.807) is 6.92 Å². The second-order valence-electron chi connectivity index (χ2n) is 9.22. The second kappa shape index (κ2) is 8.88. The fourth-order valence-corrected chi connectivity index (χ4v) is 5.60. The van der Waals surface area contributed by atoms with Crippen molar-refractivity contribution in [2.75, 3.05) is 13.6 Å². The monoisotopic (exact) mass is 410 g/mol. The van der Waals surface area contributed by atoms with Gasteiger partial charge in [0.1, 0.15) is 0 Å². The number of aryl methyl sites for hydroxylation is 2. The molecular formula is C24H34N4O2. The van der Waals surface area contributed by atoms with Gasteiger partial charge >= 0.3 is 0 Å². The third kappa shape index (κ3) is 4.29. The van der Waals surface area contributed by atoms with E-state index in [0.717, 1.165) is 32.2 Å². The van der Waals surface area contributed by atoms with Crippen LogP contribution in [0.3, 0.4) is 0 Å². The maximum atomic E-state index is 13.4. The minimum Gasteiger partial charge on any atom is -0.339 e. The lowest BCUT2D eigenvalue weighted by atomic mass is 9.83. The summed E-state index contributed by atoms with van der Waals surface area (Å²) in [4.78, 5) is 22.4. The molecule has 0 N–H and O–H groups in total. The zero-order valence-electron chi connectivity index (χ0n) is 18.5. The van der Waals surface area contributed by atoms with E-state index in [4.69, 9.17) is 4.52 Å². The van der Waals surface area contributed by atoms with Crippen molar-refractivity contribution in [2.45, 2.75) is 82.8 Å². The number of likely N-dealkylation sites (tertiary alicyclic amines) is 2. The van der Waals surface area contributed by atoms with Crippen LogP contribution in [0.15, 0.2) is 34.9 Å². The van der Waals surface area contributed by atoms with Crippen LogP contribution in [0.4, 0.5) is 0 Å². The summed E-state index contributed by atoms with van der Waals surface area (Å²) < 4.78 is 5.22. The van der Waals surface area contributed by atoms with Crippen LogP contribution in [0.25, 0.3) is 0 Å². The first-order chi connectivity index (χ1) is 14.5. The van der Waals surface area contributed by atoms with Crippen LogP contribution in [-0.4, -0.2) is 57.1 Å². The van der Waals surface area contributed by atoms with Crippen LogP contribution < -0.4 is 0 Å². The Morgan fingerprint density at radius 3 is 2.77 bits per heavy atom. The number of hydrogen-bond acceptors (Lipinski definition) is 5. The third-order valence-corrected chi connectivity index (χ3v) is 7.15. The van der Waals surface area contributed by atoms with Gasteiger partial charge in [-0.3, -0.25) is 9.69 Å². The minimum absolute atomic E-state index is 0.129. The number of carbonyl (C=O) groups is 1. The Bertz CT molecular complexity index is 852. The molecule has 0 radical (unpaired) electrons. The molecule has 6 nitrogen and oxygen atoms in total. The first-order valence-electron chi connectivity index (χ1n) is 11.3. The third-order valence-electron chi connectivity index (χ3n) is 7.15. The average Bonchev–Trinajstić information content (AvgIpc) is 3.23. The molecule has 0 aliphatic carbocycles. The molecule has 3 atom stereocenters. The first kappa shape index (κ1) is 21.0. The van der Waals surface area contributed by atoms with Gasteiger partial charge in [0.2, 0.25) is 11.8 Å². The van der Waals surface area contributed by atoms with Gasteiger partial charge in [0.05, 0.1) is 5.54 Å². The molecule has 4 rings (SSSR count). The van der Waals surface area contributed by atoms with E-state index >= 15 is 0 Å². The van der Waals surface area contributed by atoms with Gasteiger partial charge in [-0.1, -0.05) is 48.3 Å². The van der Waals surface area contributed by atoms with Crippen LogP contribution in [0.1, 0.15) is 62.7 Å². The fraction of sp³-hybridized carbons (Fsp3) is 0.625. The van der Waals surface area contributed by atoms with Gasteiger partial charge in [-0.25, -0.2) is 0 Å². The minimum atomic E-state index is -0.129. The maximum absolute atomic E-state index is 13.4. The van der Waals surface area contributed by atoms with Crippen LogP contribution >= 0.6 is 0 Å². The molecule has 162 valence electrons. The predicted molar refractivity (Wildman–Crippen MR) is 116 cm³/mol. The van der Waals surface area contributed by atoms with Gasteiger partial charge in [0, 0.05) is 31.5 Å². The fourth-order valence-electron chi connectivity index (χ4n) is 5.60. The van der Waals surface area contributed by atoms with E-state index in [9.17, 15) is 4.79 Å². The molecule has 1 aromatic heterocycles. The Morgan fingerprint density at radius 2 is 2.03 bits per heavy atom. The lowest BCUT2D eigenvalue weighted by Crippen LogP contribution is -2.57. The molecule has 2 aliphatic rings. The predicted octanol–water partition coefficient (Wildman–Crippen LogP) is 3.79. The summed E-state index contributed by atoms with van der Waals surface area (Å²) in [5.74, 6) is 1.39. The Labute approximate surface area is 179 Å². The molecule has 1 amide bonds. The van der Waals surface area contributed by atoms with E-state index in [2.05, 4.69) is 64.2 Å². The quantitative estimate of drug-likeness (QED) is 0.750. The van der Waals surface area contributed by atoms with E-state index in [0.29, 0.717) is 36.6 Å². The molecule has 0 saturated carbocycles. The standard InChI is InChI=1S/C24H34N4O2/c1-18-25-22(30-26-18)13-14-23(29)28-15-9-5-8-12-21-24(28,2)17-20(27(21)3)16-19-10-6-4-7-11-19/h4,6-7,10-11,20-21H,5,8-9,12-17H2,1-3H3/t20-,21+,24+/m1/s1. The Kier molecular flexibility index (Phi) is 6.23. The summed E-state index contributed by atoms with van der Waals surface area (Å²) in [6.45, 7) is 4.97. The molecule has 2 aromatic rings. The van der Waals surface area contributed by atoms with Gasteiger partial charge in [-0.2, -0.15) is 4.98 Å². The smallest absolute Gasteiger partial charge is 0.227 e. The lowest BCUT2D eigenvalue weighted by molar-refractivity contribution is -0.139. The zero-order chi connectivity index (χ0) is 21.1. The van der Waals surface area contributed by atoms with Crippen molar-refractivity contribution in [1.29, 1.82) is 0 Å². The number of aromatic nitrogens is 2. The van der Waals surface area contributed by atoms with Gasteiger partial charge in [0.15, 0.2) is 5.82 Å². The molecule has 0 spiro atoms. The highest BCUT2D eigenvalue weighted by atomic mass is 16.5. The van der Waals surface area contributed by atoms with Gasteiger partial charge in [-0.15, -0.1) is 0 Å². The normalized spacial score (nSPS) is 27.5. The second-order valence-corrected chi connectivity index (χ2v) is 9.22. The number of rotatable bonds is 5. The number of hydrogen-bond donors (Lipinski definition) is 0. The van der Waals surface area contributed by atoms with E-state index in [-0.39, 0.29) is 11.4 Å². The van der Waals surface area contributed by atoms with E-state index < -0.39 is 0 Å². The highest BCUT2D eigenvalue weighted by molar-refractivity contribution is 5.77. The molecule has 0 bridgehead atoms. The molecule has 2 saturated heterocycles. The number of likely N-dealkylation sites (N-methyl/N-ethyl adjacent to an activating group) is 1. The number of benzene rings is 1. The van der Waals surface area contributed by atoms with E-state index in [1.165, 1.54) is 18.4 Å². The van der Waals surface area contributed by atoms with Crippen LogP contribution in [0, 0.1) is 6.92 Å². The number of nitrogens with zero attached hydrogens (tertiary/aromatic N) is 4. The van der Waals surface area contributed by atoms with Crippen molar-refractivity contribution < 1.29 is 9.32 Å². The summed E-state index contributed by atoms with van der Waals surface area (Å²) >= 11 is 0. The Hall–Kier alpha value is -2.21. The highest BCUT2D eigenvalue weighted by Crippen LogP contribution is 2.42. The van der Waals surface area contributed by atoms with E-state index in [1.807, 2.05) is 0 Å². The van der Waals surface area contributed by atoms with Crippen LogP contribution in [0.5, 0.6) is 0 Å².